The number of hydrogen-bond acceptors (Lipinski definition) is 3. The molecule has 0 fully saturated rings. The summed E-state index contributed by atoms with van der Waals surface area (Å²) in [6.45, 7) is 2.91. The maximum atomic E-state index is 5.70. The highest BCUT2D eigenvalue weighted by Gasteiger charge is 2.17. The summed E-state index contributed by atoms with van der Waals surface area (Å²) in [4.78, 5) is 0. The summed E-state index contributed by atoms with van der Waals surface area (Å²) in [6, 6.07) is 6.14. The average Bonchev–Trinajstić information content (AvgIpc) is 2.83. The number of nitrogens with one attached hydrogen (secondary N) is 1. The van der Waals surface area contributed by atoms with Gasteiger partial charge in [0.25, 0.3) is 0 Å². The van der Waals surface area contributed by atoms with Gasteiger partial charge in [0.2, 0.25) is 0 Å². The highest BCUT2D eigenvalue weighted by atomic mass is 127. The molecule has 2 rings (SSSR count). The minimum Gasteiger partial charge on any atom is -0.273 e. The Bertz CT molecular complexity index is 541. The molecule has 1 unspecified atom stereocenters. The summed E-state index contributed by atoms with van der Waals surface area (Å²) in [6.07, 6.45) is 3.86. The van der Waals surface area contributed by atoms with Crippen molar-refractivity contribution in [2.45, 2.75) is 19.5 Å². The van der Waals surface area contributed by atoms with E-state index < -0.39 is 0 Å². The normalized spacial score (nSPS) is 12.7. The molecule has 0 saturated carbocycles. The van der Waals surface area contributed by atoms with Gasteiger partial charge in [-0.2, -0.15) is 5.10 Å². The van der Waals surface area contributed by atoms with E-state index >= 15 is 0 Å². The fourth-order valence-electron chi connectivity index (χ4n) is 1.80. The topological polar surface area (TPSA) is 55.9 Å². The number of hydrazine groups is 1. The number of rotatable bonds is 4. The number of aryl methyl sites for hydroxylation is 1. The van der Waals surface area contributed by atoms with Crippen molar-refractivity contribution in [3.63, 3.8) is 0 Å². The Morgan fingerprint density at radius 3 is 2.94 bits per heavy atom. The molecule has 0 radical (unpaired) electrons. The quantitative estimate of drug-likeness (QED) is 0.454. The molecule has 1 aromatic heterocycles. The highest BCUT2D eigenvalue weighted by Crippen LogP contribution is 2.29. The van der Waals surface area contributed by atoms with E-state index in [1.807, 2.05) is 23.1 Å². The van der Waals surface area contributed by atoms with E-state index in [1.54, 1.807) is 0 Å². The predicted molar refractivity (Wildman–Crippen MR) is 83.9 cm³/mol. The Hall–Kier alpha value is -0.440. The van der Waals surface area contributed by atoms with Crippen LogP contribution in [0.1, 0.15) is 24.1 Å². The molecule has 1 aromatic carbocycles. The van der Waals surface area contributed by atoms with Crippen LogP contribution in [0.15, 0.2) is 35.1 Å². The third-order valence-electron chi connectivity index (χ3n) is 2.75. The van der Waals surface area contributed by atoms with Gasteiger partial charge in [0.1, 0.15) is 0 Å². The molecule has 0 aliphatic heterocycles. The summed E-state index contributed by atoms with van der Waals surface area (Å²) >= 11 is 5.86. The first-order valence-corrected chi connectivity index (χ1v) is 7.46. The zero-order valence-electron chi connectivity index (χ0n) is 9.90. The van der Waals surface area contributed by atoms with E-state index in [9.17, 15) is 0 Å². The van der Waals surface area contributed by atoms with Crippen LogP contribution in [0.4, 0.5) is 0 Å². The average molecular weight is 421 g/mol. The van der Waals surface area contributed by atoms with Crippen LogP contribution in [-0.4, -0.2) is 9.78 Å². The van der Waals surface area contributed by atoms with Gasteiger partial charge in [0, 0.05) is 26.3 Å². The van der Waals surface area contributed by atoms with Gasteiger partial charge in [-0.1, -0.05) is 15.9 Å². The molecule has 2 aromatic rings. The van der Waals surface area contributed by atoms with Crippen LogP contribution in [0.3, 0.4) is 0 Å². The molecule has 0 aliphatic carbocycles. The van der Waals surface area contributed by atoms with Crippen molar-refractivity contribution in [2.75, 3.05) is 0 Å². The molecule has 3 N–H and O–H groups in total. The molecule has 1 atom stereocenters. The van der Waals surface area contributed by atoms with Crippen molar-refractivity contribution in [2.24, 2.45) is 5.84 Å². The van der Waals surface area contributed by atoms with Crippen molar-refractivity contribution < 1.29 is 0 Å². The van der Waals surface area contributed by atoms with E-state index in [1.165, 1.54) is 3.57 Å². The van der Waals surface area contributed by atoms with Crippen LogP contribution in [0.25, 0.3) is 0 Å². The zero-order chi connectivity index (χ0) is 13.1. The van der Waals surface area contributed by atoms with Gasteiger partial charge in [0.15, 0.2) is 0 Å². The molecule has 0 amide bonds. The smallest absolute Gasteiger partial charge is 0.0751 e. The van der Waals surface area contributed by atoms with Crippen LogP contribution >= 0.6 is 38.5 Å². The Morgan fingerprint density at radius 1 is 1.56 bits per heavy atom. The molecule has 4 nitrogen and oxygen atoms in total. The molecule has 0 saturated heterocycles. The van der Waals surface area contributed by atoms with Gasteiger partial charge >= 0.3 is 0 Å². The van der Waals surface area contributed by atoms with E-state index in [0.717, 1.165) is 22.1 Å². The number of hydrogen-bond donors (Lipinski definition) is 2. The third kappa shape index (κ3) is 2.93. The number of aromatic nitrogens is 2. The first-order valence-electron chi connectivity index (χ1n) is 5.59. The number of halogens is 2. The Morgan fingerprint density at radius 2 is 2.33 bits per heavy atom. The molecule has 6 heteroatoms. The molecule has 0 bridgehead atoms. The van der Waals surface area contributed by atoms with Crippen molar-refractivity contribution in [3.8, 4) is 0 Å². The van der Waals surface area contributed by atoms with Crippen molar-refractivity contribution in [1.29, 1.82) is 0 Å². The van der Waals surface area contributed by atoms with Gasteiger partial charge in [-0.05, 0) is 53.3 Å². The van der Waals surface area contributed by atoms with Crippen LogP contribution in [0.2, 0.25) is 0 Å². The number of nitrogens with two attached hydrogens (primary N) is 1. The predicted octanol–water partition coefficient (Wildman–Crippen LogP) is 2.82. The van der Waals surface area contributed by atoms with Crippen LogP contribution in [0.5, 0.6) is 0 Å². The van der Waals surface area contributed by atoms with E-state index in [2.05, 4.69) is 68.1 Å². The fraction of sp³-hybridized carbons (Fsp3) is 0.250. The van der Waals surface area contributed by atoms with Gasteiger partial charge in [-0.25, -0.2) is 5.43 Å². The maximum absolute atomic E-state index is 5.70. The van der Waals surface area contributed by atoms with Crippen molar-refractivity contribution in [3.05, 3.63) is 49.8 Å². The monoisotopic (exact) mass is 420 g/mol. The first-order chi connectivity index (χ1) is 8.65. The van der Waals surface area contributed by atoms with Crippen LogP contribution in [0, 0.1) is 3.57 Å². The first kappa shape index (κ1) is 14.0. The van der Waals surface area contributed by atoms with Crippen molar-refractivity contribution in [1.82, 2.24) is 15.2 Å². The van der Waals surface area contributed by atoms with E-state index in [4.69, 9.17) is 5.84 Å². The van der Waals surface area contributed by atoms with Crippen molar-refractivity contribution >= 4 is 38.5 Å². The summed E-state index contributed by atoms with van der Waals surface area (Å²) in [7, 11) is 0. The molecular weight excluding hydrogens is 407 g/mol. The molecule has 18 heavy (non-hydrogen) atoms. The number of benzene rings is 1. The third-order valence-corrected chi connectivity index (χ3v) is 4.14. The minimum atomic E-state index is -0.0607. The van der Waals surface area contributed by atoms with Crippen LogP contribution < -0.4 is 11.3 Å². The summed E-state index contributed by atoms with van der Waals surface area (Å²) < 4.78 is 4.10. The van der Waals surface area contributed by atoms with Gasteiger partial charge in [-0.15, -0.1) is 0 Å². The maximum Gasteiger partial charge on any atom is 0.0751 e. The zero-order valence-corrected chi connectivity index (χ0v) is 13.6. The lowest BCUT2D eigenvalue weighted by Gasteiger charge is -2.16. The van der Waals surface area contributed by atoms with Crippen LogP contribution in [-0.2, 0) is 6.54 Å². The second kappa shape index (κ2) is 6.14. The molecule has 0 aliphatic rings. The summed E-state index contributed by atoms with van der Waals surface area (Å²) in [5.74, 6) is 5.70. The minimum absolute atomic E-state index is 0.0607. The van der Waals surface area contributed by atoms with Gasteiger partial charge < -0.3 is 0 Å². The van der Waals surface area contributed by atoms with Gasteiger partial charge in [0.05, 0.1) is 12.2 Å². The fourth-order valence-corrected chi connectivity index (χ4v) is 2.79. The second-order valence-electron chi connectivity index (χ2n) is 3.89. The molecule has 0 spiro atoms. The Kier molecular flexibility index (Phi) is 4.77. The lowest BCUT2D eigenvalue weighted by atomic mass is 10.0. The molecule has 96 valence electrons. The number of nitrogens with zero attached hydrogens (tertiary/aromatic N) is 2. The molecule has 1 heterocycles. The lowest BCUT2D eigenvalue weighted by Crippen LogP contribution is -2.29. The van der Waals surface area contributed by atoms with E-state index in [-0.39, 0.29) is 6.04 Å². The standard InChI is InChI=1S/C12H14BrIN4/c1-2-18-7-8(6-16-18)12(17-15)10-5-9(14)3-4-11(10)13/h3-7,12,17H,2,15H2,1H3. The highest BCUT2D eigenvalue weighted by molar-refractivity contribution is 14.1. The summed E-state index contributed by atoms with van der Waals surface area (Å²) in [5, 5.41) is 4.29. The lowest BCUT2D eigenvalue weighted by molar-refractivity contribution is 0.628. The molecular formula is C12H14BrIN4. The SMILES string of the molecule is CCn1cc(C(NN)c2cc(I)ccc2Br)cn1. The van der Waals surface area contributed by atoms with Gasteiger partial charge in [-0.3, -0.25) is 10.5 Å². The largest absolute Gasteiger partial charge is 0.273 e. The Labute approximate surface area is 128 Å². The Balaban J connectivity index is 2.41. The second-order valence-corrected chi connectivity index (χ2v) is 5.99. The van der Waals surface area contributed by atoms with E-state index in [0.29, 0.717) is 0 Å². The summed E-state index contributed by atoms with van der Waals surface area (Å²) in [5.41, 5.74) is 5.02.